The van der Waals surface area contributed by atoms with Crippen LogP contribution >= 0.6 is 0 Å². The van der Waals surface area contributed by atoms with Crippen LogP contribution in [0.4, 0.5) is 0 Å². The normalized spacial score (nSPS) is 10.0. The predicted octanol–water partition coefficient (Wildman–Crippen LogP) is -0.884. The van der Waals surface area contributed by atoms with E-state index in [0.29, 0.717) is 6.42 Å². The lowest BCUT2D eigenvalue weighted by molar-refractivity contribution is -0.186. The second-order valence-electron chi connectivity index (χ2n) is 2.61. The number of nitrogens with two attached hydrogens (primary N) is 2. The third kappa shape index (κ3) is 5.50. The van der Waals surface area contributed by atoms with Crippen molar-refractivity contribution in [1.82, 2.24) is 0 Å². The molecule has 0 aromatic heterocycles. The van der Waals surface area contributed by atoms with E-state index in [2.05, 4.69) is 0 Å². The Bertz CT molecular complexity index is 178. The molecule has 0 spiro atoms. The van der Waals surface area contributed by atoms with E-state index in [1.807, 2.05) is 6.92 Å². The minimum atomic E-state index is -0.868. The maximum absolute atomic E-state index is 10.8. The molecule has 0 radical (unpaired) electrons. The van der Waals surface area contributed by atoms with Crippen molar-refractivity contribution in [2.24, 2.45) is 11.5 Å². The Morgan fingerprint density at radius 1 is 1.14 bits per heavy atom. The van der Waals surface area contributed by atoms with Gasteiger partial charge in [-0.2, -0.15) is 0 Å². The molecule has 4 N–H and O–H groups in total. The minimum absolute atomic E-state index is 0.236. The number of esters is 2. The van der Waals surface area contributed by atoms with Crippen molar-refractivity contribution in [2.75, 3.05) is 13.1 Å². The van der Waals surface area contributed by atoms with Gasteiger partial charge >= 0.3 is 11.9 Å². The molecule has 0 amide bonds. The smallest absolute Gasteiger partial charge is 0.322 e. The second kappa shape index (κ2) is 7.28. The van der Waals surface area contributed by atoms with E-state index in [9.17, 15) is 9.59 Å². The van der Waals surface area contributed by atoms with Crippen molar-refractivity contribution in [3.05, 3.63) is 0 Å². The van der Waals surface area contributed by atoms with Crippen molar-refractivity contribution >= 4 is 11.9 Å². The lowest BCUT2D eigenvalue weighted by atomic mass is 10.3. The molecule has 0 aliphatic carbocycles. The SMILES string of the molecule is CCCC(OC(=O)CN)OC(=O)CN. The number of rotatable bonds is 6. The first-order valence-corrected chi connectivity index (χ1v) is 4.43. The molecule has 0 saturated heterocycles. The zero-order valence-electron chi connectivity index (χ0n) is 8.19. The van der Waals surface area contributed by atoms with Crippen LogP contribution < -0.4 is 11.5 Å². The van der Waals surface area contributed by atoms with Crippen LogP contribution in [0, 0.1) is 0 Å². The van der Waals surface area contributed by atoms with Crippen LogP contribution in [-0.4, -0.2) is 31.3 Å². The maximum Gasteiger partial charge on any atom is 0.322 e. The number of carbonyl (C=O) groups is 2. The third-order valence-corrected chi connectivity index (χ3v) is 1.38. The lowest BCUT2D eigenvalue weighted by Gasteiger charge is -2.16. The second-order valence-corrected chi connectivity index (χ2v) is 2.61. The molecular formula is C8H16N2O4. The van der Waals surface area contributed by atoms with Crippen LogP contribution in [0.1, 0.15) is 19.8 Å². The van der Waals surface area contributed by atoms with Crippen molar-refractivity contribution in [3.63, 3.8) is 0 Å². The Morgan fingerprint density at radius 2 is 1.57 bits per heavy atom. The highest BCUT2D eigenvalue weighted by Gasteiger charge is 2.16. The summed E-state index contributed by atoms with van der Waals surface area (Å²) < 4.78 is 9.50. The van der Waals surface area contributed by atoms with E-state index < -0.39 is 18.2 Å². The molecule has 0 atom stereocenters. The average Bonchev–Trinajstić information content (AvgIpc) is 2.17. The quantitative estimate of drug-likeness (QED) is 0.430. The molecule has 0 fully saturated rings. The molecule has 82 valence electrons. The van der Waals surface area contributed by atoms with E-state index in [1.54, 1.807) is 0 Å². The fraction of sp³-hybridized carbons (Fsp3) is 0.750. The zero-order valence-corrected chi connectivity index (χ0v) is 8.19. The molecule has 0 bridgehead atoms. The lowest BCUT2D eigenvalue weighted by Crippen LogP contribution is -2.30. The Morgan fingerprint density at radius 3 is 1.86 bits per heavy atom. The molecule has 6 heteroatoms. The molecule has 0 aliphatic rings. The van der Waals surface area contributed by atoms with Crippen LogP contribution in [-0.2, 0) is 19.1 Å². The van der Waals surface area contributed by atoms with Gasteiger partial charge in [0.15, 0.2) is 0 Å². The van der Waals surface area contributed by atoms with Gasteiger partial charge in [-0.15, -0.1) is 0 Å². The fourth-order valence-corrected chi connectivity index (χ4v) is 0.767. The zero-order chi connectivity index (χ0) is 11.0. The molecule has 6 nitrogen and oxygen atoms in total. The van der Waals surface area contributed by atoms with Crippen LogP contribution in [0.25, 0.3) is 0 Å². The van der Waals surface area contributed by atoms with Gasteiger partial charge in [-0.25, -0.2) is 0 Å². The van der Waals surface area contributed by atoms with Crippen molar-refractivity contribution < 1.29 is 19.1 Å². The van der Waals surface area contributed by atoms with E-state index in [4.69, 9.17) is 20.9 Å². The Balaban J connectivity index is 4.00. The number of ether oxygens (including phenoxy) is 2. The summed E-state index contributed by atoms with van der Waals surface area (Å²) in [5.74, 6) is -1.21. The number of hydrogen-bond donors (Lipinski definition) is 2. The standard InChI is InChI=1S/C8H16N2O4/c1-2-3-8(13-6(11)4-9)14-7(12)5-10/h8H,2-5,9-10H2,1H3. The van der Waals surface area contributed by atoms with Gasteiger partial charge in [-0.1, -0.05) is 6.92 Å². The van der Waals surface area contributed by atoms with Crippen molar-refractivity contribution in [3.8, 4) is 0 Å². The largest absolute Gasteiger partial charge is 0.424 e. The molecule has 0 heterocycles. The van der Waals surface area contributed by atoms with E-state index in [0.717, 1.165) is 6.42 Å². The van der Waals surface area contributed by atoms with Crippen molar-refractivity contribution in [2.45, 2.75) is 26.1 Å². The summed E-state index contributed by atoms with van der Waals surface area (Å²) in [7, 11) is 0. The highest BCUT2D eigenvalue weighted by molar-refractivity contribution is 5.73. The maximum atomic E-state index is 10.8. The molecular weight excluding hydrogens is 188 g/mol. The molecule has 0 rings (SSSR count). The Kier molecular flexibility index (Phi) is 6.69. The Hall–Kier alpha value is -1.14. The molecule has 0 aromatic carbocycles. The van der Waals surface area contributed by atoms with Gasteiger partial charge in [0.25, 0.3) is 0 Å². The summed E-state index contributed by atoms with van der Waals surface area (Å²) in [6.45, 7) is 1.40. The summed E-state index contributed by atoms with van der Waals surface area (Å²) in [6.07, 6.45) is 0.296. The summed E-state index contributed by atoms with van der Waals surface area (Å²) in [6, 6.07) is 0. The first-order valence-electron chi connectivity index (χ1n) is 4.43. The minimum Gasteiger partial charge on any atom is -0.424 e. The van der Waals surface area contributed by atoms with Gasteiger partial charge in [-0.05, 0) is 6.42 Å². The molecule has 0 aromatic rings. The summed E-state index contributed by atoms with van der Waals surface area (Å²) >= 11 is 0. The first-order chi connectivity index (χ1) is 6.63. The molecule has 14 heavy (non-hydrogen) atoms. The summed E-state index contributed by atoms with van der Waals surface area (Å²) in [5, 5.41) is 0. The van der Waals surface area contributed by atoms with Gasteiger partial charge in [0.2, 0.25) is 6.29 Å². The van der Waals surface area contributed by atoms with Gasteiger partial charge in [-0.3, -0.25) is 9.59 Å². The highest BCUT2D eigenvalue weighted by Crippen LogP contribution is 2.04. The summed E-state index contributed by atoms with van der Waals surface area (Å²) in [5.41, 5.74) is 10.1. The molecule has 0 unspecified atom stereocenters. The van der Waals surface area contributed by atoms with Crippen LogP contribution in [0.3, 0.4) is 0 Å². The first kappa shape index (κ1) is 12.9. The van der Waals surface area contributed by atoms with Gasteiger partial charge in [0.05, 0.1) is 13.1 Å². The van der Waals surface area contributed by atoms with Crippen molar-refractivity contribution in [1.29, 1.82) is 0 Å². The molecule has 0 aliphatic heterocycles. The summed E-state index contributed by atoms with van der Waals surface area (Å²) in [4.78, 5) is 21.6. The average molecular weight is 204 g/mol. The van der Waals surface area contributed by atoms with E-state index in [-0.39, 0.29) is 13.1 Å². The topological polar surface area (TPSA) is 105 Å². The molecule has 0 saturated carbocycles. The van der Waals surface area contributed by atoms with E-state index in [1.165, 1.54) is 0 Å². The highest BCUT2D eigenvalue weighted by atomic mass is 16.7. The fourth-order valence-electron chi connectivity index (χ4n) is 0.767. The van der Waals surface area contributed by atoms with Crippen LogP contribution in [0.15, 0.2) is 0 Å². The third-order valence-electron chi connectivity index (χ3n) is 1.38. The van der Waals surface area contributed by atoms with Gasteiger partial charge < -0.3 is 20.9 Å². The van der Waals surface area contributed by atoms with Gasteiger partial charge in [0, 0.05) is 6.42 Å². The Labute approximate surface area is 82.5 Å². The van der Waals surface area contributed by atoms with Gasteiger partial charge in [0.1, 0.15) is 0 Å². The van der Waals surface area contributed by atoms with Crippen LogP contribution in [0.2, 0.25) is 0 Å². The predicted molar refractivity (Wildman–Crippen MR) is 49.0 cm³/mol. The monoisotopic (exact) mass is 204 g/mol. The van der Waals surface area contributed by atoms with E-state index >= 15 is 0 Å². The number of hydrogen-bond acceptors (Lipinski definition) is 6. The van der Waals surface area contributed by atoms with Crippen LogP contribution in [0.5, 0.6) is 0 Å². The number of carbonyl (C=O) groups excluding carboxylic acids is 2.